The first-order chi connectivity index (χ1) is 16.3. The lowest BCUT2D eigenvalue weighted by atomic mass is 9.92. The molecule has 0 spiro atoms. The molecule has 2 aromatic carbocycles. The number of rotatable bonds is 4. The smallest absolute Gasteiger partial charge is 0.296 e. The minimum Gasteiger partial charge on any atom is -0.503 e. The molecule has 1 saturated heterocycles. The van der Waals surface area contributed by atoms with Crippen LogP contribution in [0.3, 0.4) is 0 Å². The van der Waals surface area contributed by atoms with E-state index in [1.54, 1.807) is 24.3 Å². The van der Waals surface area contributed by atoms with Crippen molar-refractivity contribution < 1.29 is 23.9 Å². The molecule has 10 heteroatoms. The second-order valence-corrected chi connectivity index (χ2v) is 9.68. The van der Waals surface area contributed by atoms with Crippen LogP contribution in [-0.2, 0) is 14.4 Å². The lowest BCUT2D eigenvalue weighted by Crippen LogP contribution is -2.41. The number of nitrogens with zero attached hydrogens (tertiary/aromatic N) is 3. The molecular formula is C25H23ClFN3O4S. The van der Waals surface area contributed by atoms with Crippen LogP contribution in [0.2, 0.25) is 5.02 Å². The van der Waals surface area contributed by atoms with Gasteiger partial charge in [-0.1, -0.05) is 42.5 Å². The van der Waals surface area contributed by atoms with E-state index >= 15 is 0 Å². The maximum absolute atomic E-state index is 13.7. The van der Waals surface area contributed by atoms with Crippen molar-refractivity contribution in [2.75, 3.05) is 11.4 Å². The number of hydrogen-bond donors (Lipinski definition) is 1. The van der Waals surface area contributed by atoms with Crippen LogP contribution in [0, 0.1) is 5.82 Å². The number of aliphatic hydroxyl groups is 1. The standard InChI is InChI=1S/C24H19ClFN3O4S.CH4/c1-12(30)28-10-2-3-17(28)21(31)19-20(13-4-6-14(25)7-5-13)29(23(33)22(19)32)24-27-16-9-8-15(26)11-18(16)34-24;/h4-9,11,17,20,32H,2-3,10H2,1H3;1H4. The molecule has 5 rings (SSSR count). The Morgan fingerprint density at radius 1 is 1.20 bits per heavy atom. The second kappa shape index (κ2) is 9.39. The van der Waals surface area contributed by atoms with Gasteiger partial charge in [0.25, 0.3) is 5.91 Å². The van der Waals surface area contributed by atoms with Crippen LogP contribution in [-0.4, -0.2) is 45.2 Å². The van der Waals surface area contributed by atoms with Crippen LogP contribution in [0.25, 0.3) is 10.2 Å². The lowest BCUT2D eigenvalue weighted by molar-refractivity contribution is -0.134. The highest BCUT2D eigenvalue weighted by Gasteiger charge is 2.48. The predicted octanol–water partition coefficient (Wildman–Crippen LogP) is 5.20. The van der Waals surface area contributed by atoms with Crippen LogP contribution >= 0.6 is 22.9 Å². The normalized spacial score (nSPS) is 20.0. The van der Waals surface area contributed by atoms with Gasteiger partial charge >= 0.3 is 0 Å². The van der Waals surface area contributed by atoms with Crippen molar-refractivity contribution in [1.29, 1.82) is 0 Å². The SMILES string of the molecule is C.CC(=O)N1CCCC1C(=O)C1=C(O)C(=O)N(c2nc3ccc(F)cc3s2)C1c1ccc(Cl)cc1. The van der Waals surface area contributed by atoms with Gasteiger partial charge in [0.15, 0.2) is 16.7 Å². The van der Waals surface area contributed by atoms with Gasteiger partial charge in [0, 0.05) is 18.5 Å². The molecular weight excluding hydrogens is 493 g/mol. The van der Waals surface area contributed by atoms with E-state index in [9.17, 15) is 23.9 Å². The van der Waals surface area contributed by atoms with Gasteiger partial charge in [-0.05, 0) is 48.7 Å². The molecule has 1 fully saturated rings. The minimum absolute atomic E-state index is 0. The Morgan fingerprint density at radius 3 is 2.60 bits per heavy atom. The van der Waals surface area contributed by atoms with Crippen molar-refractivity contribution in [2.24, 2.45) is 0 Å². The first kappa shape index (κ1) is 24.8. The number of anilines is 1. The van der Waals surface area contributed by atoms with E-state index in [2.05, 4.69) is 4.98 Å². The van der Waals surface area contributed by atoms with Gasteiger partial charge in [-0.3, -0.25) is 19.3 Å². The van der Waals surface area contributed by atoms with Crippen LogP contribution in [0.4, 0.5) is 9.52 Å². The van der Waals surface area contributed by atoms with Gasteiger partial charge in [-0.2, -0.15) is 0 Å². The third-order valence-corrected chi connectivity index (χ3v) is 7.43. The van der Waals surface area contributed by atoms with Gasteiger partial charge in [-0.15, -0.1) is 0 Å². The maximum Gasteiger partial charge on any atom is 0.296 e. The number of halogens is 2. The molecule has 3 aromatic rings. The fourth-order valence-corrected chi connectivity index (χ4v) is 5.74. The molecule has 35 heavy (non-hydrogen) atoms. The number of thiazole rings is 1. The number of benzene rings is 2. The van der Waals surface area contributed by atoms with Crippen molar-refractivity contribution in [3.63, 3.8) is 0 Å². The number of carbonyl (C=O) groups excluding carboxylic acids is 3. The summed E-state index contributed by atoms with van der Waals surface area (Å²) in [6.45, 7) is 1.83. The molecule has 0 radical (unpaired) electrons. The number of ketones is 1. The van der Waals surface area contributed by atoms with Crippen molar-refractivity contribution in [2.45, 2.75) is 39.3 Å². The summed E-state index contributed by atoms with van der Waals surface area (Å²) in [5.41, 5.74) is 0.945. The summed E-state index contributed by atoms with van der Waals surface area (Å²) in [6, 6.07) is 8.95. The van der Waals surface area contributed by atoms with Crippen LogP contribution in [0.1, 0.15) is 38.8 Å². The van der Waals surface area contributed by atoms with Gasteiger partial charge < -0.3 is 10.0 Å². The summed E-state index contributed by atoms with van der Waals surface area (Å²) in [6.07, 6.45) is 1.09. The Labute approximate surface area is 210 Å². The molecule has 2 amide bonds. The van der Waals surface area contributed by atoms with E-state index < -0.39 is 35.4 Å². The Kier molecular flexibility index (Phi) is 6.66. The summed E-state index contributed by atoms with van der Waals surface area (Å²) >= 11 is 7.14. The van der Waals surface area contributed by atoms with Gasteiger partial charge in [0.1, 0.15) is 5.82 Å². The molecule has 2 aliphatic rings. The predicted molar refractivity (Wildman–Crippen MR) is 133 cm³/mol. The fourth-order valence-electron chi connectivity index (χ4n) is 4.60. The van der Waals surface area contributed by atoms with Crippen LogP contribution in [0.15, 0.2) is 53.8 Å². The zero-order valence-electron chi connectivity index (χ0n) is 18.0. The van der Waals surface area contributed by atoms with Crippen molar-refractivity contribution in [1.82, 2.24) is 9.88 Å². The molecule has 0 bridgehead atoms. The average Bonchev–Trinajstić information content (AvgIpc) is 3.50. The van der Waals surface area contributed by atoms with E-state index in [4.69, 9.17) is 11.6 Å². The molecule has 0 aliphatic carbocycles. The quantitative estimate of drug-likeness (QED) is 0.515. The Morgan fingerprint density at radius 2 is 1.91 bits per heavy atom. The summed E-state index contributed by atoms with van der Waals surface area (Å²) < 4.78 is 14.3. The first-order valence-corrected chi connectivity index (χ1v) is 11.9. The number of hydrogen-bond acceptors (Lipinski definition) is 6. The van der Waals surface area contributed by atoms with Crippen LogP contribution < -0.4 is 4.90 Å². The van der Waals surface area contributed by atoms with Gasteiger partial charge in [-0.25, -0.2) is 9.37 Å². The van der Waals surface area contributed by atoms with Crippen molar-refractivity contribution >= 4 is 55.9 Å². The number of aliphatic hydroxyl groups excluding tert-OH is 1. The van der Waals surface area contributed by atoms with E-state index in [1.165, 1.54) is 34.9 Å². The Bertz CT molecular complexity index is 1370. The number of aromatic nitrogens is 1. The number of fused-ring (bicyclic) bond motifs is 1. The Balaban J connectivity index is 0.00000289. The molecule has 0 saturated carbocycles. The highest BCUT2D eigenvalue weighted by molar-refractivity contribution is 7.22. The number of amides is 2. The van der Waals surface area contributed by atoms with E-state index in [0.717, 1.165) is 11.3 Å². The maximum atomic E-state index is 13.7. The van der Waals surface area contributed by atoms with E-state index in [1.807, 2.05) is 0 Å². The number of carbonyl (C=O) groups is 3. The molecule has 3 heterocycles. The second-order valence-electron chi connectivity index (χ2n) is 8.23. The molecule has 2 unspecified atom stereocenters. The average molecular weight is 516 g/mol. The third-order valence-electron chi connectivity index (χ3n) is 6.16. The highest BCUT2D eigenvalue weighted by atomic mass is 35.5. The van der Waals surface area contributed by atoms with Crippen molar-refractivity contribution in [3.8, 4) is 0 Å². The zero-order chi connectivity index (χ0) is 24.1. The molecule has 2 atom stereocenters. The minimum atomic E-state index is -0.975. The van der Waals surface area contributed by atoms with Gasteiger partial charge in [0.05, 0.1) is 27.9 Å². The summed E-state index contributed by atoms with van der Waals surface area (Å²) in [7, 11) is 0. The van der Waals surface area contributed by atoms with Crippen LogP contribution in [0.5, 0.6) is 0 Å². The van der Waals surface area contributed by atoms with Gasteiger partial charge in [0.2, 0.25) is 5.91 Å². The fraction of sp³-hybridized carbons (Fsp3) is 0.280. The van der Waals surface area contributed by atoms with E-state index in [0.29, 0.717) is 40.2 Å². The monoisotopic (exact) mass is 515 g/mol. The topological polar surface area (TPSA) is 90.8 Å². The zero-order valence-corrected chi connectivity index (χ0v) is 19.6. The molecule has 1 aromatic heterocycles. The Hall–Kier alpha value is -3.30. The largest absolute Gasteiger partial charge is 0.503 e. The summed E-state index contributed by atoms with van der Waals surface area (Å²) in [4.78, 5) is 46.2. The molecule has 1 N–H and O–H groups in total. The molecule has 7 nitrogen and oxygen atoms in total. The van der Waals surface area contributed by atoms with E-state index in [-0.39, 0.29) is 24.0 Å². The van der Waals surface area contributed by atoms with Crippen molar-refractivity contribution in [3.05, 3.63) is 70.2 Å². The lowest BCUT2D eigenvalue weighted by Gasteiger charge is -2.27. The number of likely N-dealkylation sites (tertiary alicyclic amines) is 1. The summed E-state index contributed by atoms with van der Waals surface area (Å²) in [5, 5.41) is 11.6. The number of Topliss-reactive ketones (excluding diaryl/α,β-unsaturated/α-hetero) is 1. The highest BCUT2D eigenvalue weighted by Crippen LogP contribution is 2.44. The summed E-state index contributed by atoms with van der Waals surface area (Å²) in [5.74, 6) is -2.62. The third kappa shape index (κ3) is 4.19. The molecule has 182 valence electrons. The first-order valence-electron chi connectivity index (χ1n) is 10.7. The molecule has 2 aliphatic heterocycles.